The van der Waals surface area contributed by atoms with E-state index in [1.165, 1.54) is 0 Å². The molecular formula is C12H15BrN6O. The van der Waals surface area contributed by atoms with Gasteiger partial charge in [0.1, 0.15) is 0 Å². The van der Waals surface area contributed by atoms with Gasteiger partial charge in [-0.2, -0.15) is 5.10 Å². The van der Waals surface area contributed by atoms with Gasteiger partial charge in [-0.05, 0) is 28.4 Å². The summed E-state index contributed by atoms with van der Waals surface area (Å²) in [6, 6.07) is 1.65. The van der Waals surface area contributed by atoms with Crippen LogP contribution in [-0.2, 0) is 13.5 Å². The summed E-state index contributed by atoms with van der Waals surface area (Å²) in [5.74, 6) is 5.38. The van der Waals surface area contributed by atoms with E-state index in [-0.39, 0.29) is 5.91 Å². The largest absolute Gasteiger partial charge is 0.319 e. The van der Waals surface area contributed by atoms with Gasteiger partial charge in [-0.25, -0.2) is 10.8 Å². The molecule has 0 unspecified atom stereocenters. The fraction of sp³-hybridized carbons (Fsp3) is 0.250. The SMILES string of the molecule is CCc1nn(C)cc1NC(=O)c1cc(Br)cnc1NN. The molecule has 0 spiro atoms. The lowest BCUT2D eigenvalue weighted by Crippen LogP contribution is -2.18. The number of aromatic nitrogens is 3. The van der Waals surface area contributed by atoms with Gasteiger partial charge in [0.25, 0.3) is 5.91 Å². The topological polar surface area (TPSA) is 97.9 Å². The van der Waals surface area contributed by atoms with Crippen molar-refractivity contribution in [3.8, 4) is 0 Å². The number of carbonyl (C=O) groups is 1. The number of hydrazine groups is 1. The van der Waals surface area contributed by atoms with Crippen LogP contribution >= 0.6 is 15.9 Å². The molecule has 0 saturated heterocycles. The van der Waals surface area contributed by atoms with Crippen molar-refractivity contribution in [1.29, 1.82) is 0 Å². The van der Waals surface area contributed by atoms with Crippen LogP contribution in [0.15, 0.2) is 22.9 Å². The molecule has 2 aromatic rings. The fourth-order valence-electron chi connectivity index (χ4n) is 1.82. The standard InChI is InChI=1S/C12H15BrN6O/c1-3-9-10(6-19(2)18-9)16-12(20)8-4-7(13)5-15-11(8)17-14/h4-6H,3,14H2,1-2H3,(H,15,17)(H,16,20). The maximum atomic E-state index is 12.3. The molecule has 0 atom stereocenters. The molecule has 0 aliphatic carbocycles. The van der Waals surface area contributed by atoms with E-state index in [9.17, 15) is 4.79 Å². The maximum Gasteiger partial charge on any atom is 0.259 e. The maximum absolute atomic E-state index is 12.3. The molecule has 0 aromatic carbocycles. The van der Waals surface area contributed by atoms with Gasteiger partial charge >= 0.3 is 0 Å². The normalized spacial score (nSPS) is 10.4. The minimum absolute atomic E-state index is 0.297. The van der Waals surface area contributed by atoms with Crippen LogP contribution in [-0.4, -0.2) is 20.7 Å². The summed E-state index contributed by atoms with van der Waals surface area (Å²) in [6.07, 6.45) is 4.06. The minimum atomic E-state index is -0.297. The predicted molar refractivity (Wildman–Crippen MR) is 80.3 cm³/mol. The second kappa shape index (κ2) is 6.02. The number of nitrogens with one attached hydrogen (secondary N) is 2. The zero-order valence-corrected chi connectivity index (χ0v) is 12.7. The highest BCUT2D eigenvalue weighted by Crippen LogP contribution is 2.20. The van der Waals surface area contributed by atoms with Crippen LogP contribution in [0.3, 0.4) is 0 Å². The second-order valence-electron chi connectivity index (χ2n) is 4.16. The molecule has 106 valence electrons. The Bertz CT molecular complexity index is 639. The van der Waals surface area contributed by atoms with E-state index in [1.807, 2.05) is 14.0 Å². The van der Waals surface area contributed by atoms with Crippen molar-refractivity contribution in [3.05, 3.63) is 34.2 Å². The molecule has 0 radical (unpaired) electrons. The molecule has 0 aliphatic rings. The van der Waals surface area contributed by atoms with E-state index < -0.39 is 0 Å². The molecule has 4 N–H and O–H groups in total. The molecule has 1 amide bonds. The average molecular weight is 339 g/mol. The third-order valence-electron chi connectivity index (χ3n) is 2.72. The molecule has 0 bridgehead atoms. The van der Waals surface area contributed by atoms with Crippen molar-refractivity contribution in [2.45, 2.75) is 13.3 Å². The van der Waals surface area contributed by atoms with Crippen LogP contribution in [0, 0.1) is 0 Å². The number of aryl methyl sites for hydroxylation is 2. The Morgan fingerprint density at radius 1 is 1.55 bits per heavy atom. The van der Waals surface area contributed by atoms with Crippen LogP contribution in [0.1, 0.15) is 23.0 Å². The van der Waals surface area contributed by atoms with Gasteiger partial charge in [0.15, 0.2) is 5.82 Å². The van der Waals surface area contributed by atoms with Gasteiger partial charge in [-0.1, -0.05) is 6.92 Å². The number of anilines is 2. The van der Waals surface area contributed by atoms with Crippen molar-refractivity contribution in [3.63, 3.8) is 0 Å². The number of hydrogen-bond acceptors (Lipinski definition) is 5. The summed E-state index contributed by atoms with van der Waals surface area (Å²) in [5.41, 5.74) is 4.27. The minimum Gasteiger partial charge on any atom is -0.319 e. The Kier molecular flexibility index (Phi) is 4.35. The van der Waals surface area contributed by atoms with Crippen molar-refractivity contribution in [2.75, 3.05) is 10.7 Å². The van der Waals surface area contributed by atoms with Gasteiger partial charge in [-0.3, -0.25) is 9.48 Å². The Balaban J connectivity index is 2.30. The number of carbonyl (C=O) groups excluding carboxylic acids is 1. The van der Waals surface area contributed by atoms with Crippen molar-refractivity contribution < 1.29 is 4.79 Å². The molecule has 8 heteroatoms. The summed E-state index contributed by atoms with van der Waals surface area (Å²) in [5, 5.41) is 7.09. The zero-order chi connectivity index (χ0) is 14.7. The van der Waals surface area contributed by atoms with Crippen molar-refractivity contribution in [2.24, 2.45) is 12.9 Å². The van der Waals surface area contributed by atoms with Crippen LogP contribution in [0.2, 0.25) is 0 Å². The number of pyridine rings is 1. The summed E-state index contributed by atoms with van der Waals surface area (Å²) in [6.45, 7) is 1.98. The summed E-state index contributed by atoms with van der Waals surface area (Å²) in [4.78, 5) is 16.4. The first-order valence-corrected chi connectivity index (χ1v) is 6.80. The molecule has 2 rings (SSSR count). The lowest BCUT2D eigenvalue weighted by Gasteiger charge is -2.09. The van der Waals surface area contributed by atoms with Crippen LogP contribution in [0.25, 0.3) is 0 Å². The molecule has 0 fully saturated rings. The van der Waals surface area contributed by atoms with E-state index in [4.69, 9.17) is 5.84 Å². The van der Waals surface area contributed by atoms with Crippen molar-refractivity contribution >= 4 is 33.3 Å². The number of nitrogens with two attached hydrogens (primary N) is 1. The van der Waals surface area contributed by atoms with E-state index in [1.54, 1.807) is 23.1 Å². The first-order chi connectivity index (χ1) is 9.55. The quantitative estimate of drug-likeness (QED) is 0.582. The lowest BCUT2D eigenvalue weighted by molar-refractivity contribution is 0.102. The number of halogens is 1. The lowest BCUT2D eigenvalue weighted by atomic mass is 10.2. The van der Waals surface area contributed by atoms with Gasteiger partial charge in [0.05, 0.1) is 16.9 Å². The van der Waals surface area contributed by atoms with Crippen molar-refractivity contribution in [1.82, 2.24) is 14.8 Å². The second-order valence-corrected chi connectivity index (χ2v) is 5.08. The highest BCUT2D eigenvalue weighted by Gasteiger charge is 2.16. The highest BCUT2D eigenvalue weighted by atomic mass is 79.9. The third kappa shape index (κ3) is 2.97. The number of nitrogen functional groups attached to an aromatic ring is 1. The Morgan fingerprint density at radius 2 is 2.30 bits per heavy atom. The van der Waals surface area contributed by atoms with Crippen LogP contribution in [0.4, 0.5) is 11.5 Å². The number of hydrogen-bond donors (Lipinski definition) is 3. The van der Waals surface area contributed by atoms with E-state index >= 15 is 0 Å². The van der Waals surface area contributed by atoms with E-state index in [0.717, 1.165) is 12.1 Å². The monoisotopic (exact) mass is 338 g/mol. The molecule has 20 heavy (non-hydrogen) atoms. The van der Waals surface area contributed by atoms with Gasteiger partial charge in [-0.15, -0.1) is 0 Å². The number of rotatable bonds is 4. The first-order valence-electron chi connectivity index (χ1n) is 6.01. The fourth-order valence-corrected chi connectivity index (χ4v) is 2.15. The Hall–Kier alpha value is -1.93. The molecular weight excluding hydrogens is 324 g/mol. The summed E-state index contributed by atoms with van der Waals surface area (Å²) >= 11 is 3.28. The molecule has 0 aliphatic heterocycles. The predicted octanol–water partition coefficient (Wildman–Crippen LogP) is 1.68. The molecule has 0 saturated carbocycles. The molecule has 2 heterocycles. The smallest absolute Gasteiger partial charge is 0.259 e. The Labute approximate surface area is 124 Å². The van der Waals surface area contributed by atoms with Crippen LogP contribution < -0.4 is 16.6 Å². The average Bonchev–Trinajstić information content (AvgIpc) is 2.78. The zero-order valence-electron chi connectivity index (χ0n) is 11.1. The molecule has 2 aromatic heterocycles. The molecule has 7 nitrogen and oxygen atoms in total. The summed E-state index contributed by atoms with van der Waals surface area (Å²) in [7, 11) is 1.81. The van der Waals surface area contributed by atoms with E-state index in [2.05, 4.69) is 36.8 Å². The van der Waals surface area contributed by atoms with Crippen LogP contribution in [0.5, 0.6) is 0 Å². The van der Waals surface area contributed by atoms with Gasteiger partial charge in [0.2, 0.25) is 0 Å². The van der Waals surface area contributed by atoms with E-state index in [0.29, 0.717) is 21.5 Å². The van der Waals surface area contributed by atoms with Gasteiger partial charge in [0, 0.05) is 23.9 Å². The highest BCUT2D eigenvalue weighted by molar-refractivity contribution is 9.10. The first kappa shape index (κ1) is 14.5. The Morgan fingerprint density at radius 3 is 2.95 bits per heavy atom. The third-order valence-corrected chi connectivity index (χ3v) is 3.16. The number of nitrogens with zero attached hydrogens (tertiary/aromatic N) is 3. The number of amides is 1. The van der Waals surface area contributed by atoms with Gasteiger partial charge < -0.3 is 10.7 Å². The summed E-state index contributed by atoms with van der Waals surface area (Å²) < 4.78 is 2.36.